The van der Waals surface area contributed by atoms with Crippen LogP contribution in [0.3, 0.4) is 0 Å². The van der Waals surface area contributed by atoms with E-state index in [2.05, 4.69) is 16.2 Å². The number of hydrogen-bond donors (Lipinski definition) is 3. The molecule has 0 aliphatic carbocycles. The number of ether oxygens (including phenoxy) is 1. The van der Waals surface area contributed by atoms with Gasteiger partial charge in [0.15, 0.2) is 11.2 Å². The molecule has 2 aromatic carbocycles. The molecule has 0 saturated heterocycles. The SMILES string of the molecule is Cc1ccc(C(=O)NC(=S)NNC(=O)C(C)Oc2ccc(C)c(C)c2)cc1. The number of carbonyl (C=O) groups is 2. The van der Waals surface area contributed by atoms with E-state index in [1.54, 1.807) is 19.1 Å². The van der Waals surface area contributed by atoms with Gasteiger partial charge in [-0.25, -0.2) is 0 Å². The first-order valence-electron chi connectivity index (χ1n) is 8.48. The van der Waals surface area contributed by atoms with Crippen molar-refractivity contribution in [2.45, 2.75) is 33.8 Å². The van der Waals surface area contributed by atoms with Gasteiger partial charge >= 0.3 is 0 Å². The van der Waals surface area contributed by atoms with E-state index >= 15 is 0 Å². The van der Waals surface area contributed by atoms with Crippen LogP contribution in [0.5, 0.6) is 5.75 Å². The smallest absolute Gasteiger partial charge is 0.279 e. The van der Waals surface area contributed by atoms with Gasteiger partial charge in [-0.15, -0.1) is 0 Å². The molecule has 27 heavy (non-hydrogen) atoms. The minimum atomic E-state index is -0.741. The highest BCUT2D eigenvalue weighted by Crippen LogP contribution is 2.17. The lowest BCUT2D eigenvalue weighted by Gasteiger charge is -2.17. The second-order valence-corrected chi connectivity index (χ2v) is 6.68. The molecule has 0 fully saturated rings. The van der Waals surface area contributed by atoms with Crippen molar-refractivity contribution in [2.24, 2.45) is 0 Å². The van der Waals surface area contributed by atoms with Gasteiger partial charge in [0.1, 0.15) is 5.75 Å². The highest BCUT2D eigenvalue weighted by molar-refractivity contribution is 7.80. The zero-order chi connectivity index (χ0) is 20.0. The molecular weight excluding hydrogens is 362 g/mol. The Hall–Kier alpha value is -2.93. The van der Waals surface area contributed by atoms with Gasteiger partial charge in [0.2, 0.25) is 0 Å². The van der Waals surface area contributed by atoms with Crippen LogP contribution in [-0.2, 0) is 4.79 Å². The third-order valence-electron chi connectivity index (χ3n) is 4.00. The van der Waals surface area contributed by atoms with Crippen molar-refractivity contribution in [3.63, 3.8) is 0 Å². The molecule has 0 saturated carbocycles. The highest BCUT2D eigenvalue weighted by Gasteiger charge is 2.15. The first kappa shape index (κ1) is 20.4. The molecule has 1 atom stereocenters. The lowest BCUT2D eigenvalue weighted by molar-refractivity contribution is -0.127. The maximum atomic E-state index is 12.1. The van der Waals surface area contributed by atoms with Crippen LogP contribution in [-0.4, -0.2) is 23.0 Å². The molecule has 0 radical (unpaired) electrons. The number of carbonyl (C=O) groups excluding carboxylic acids is 2. The van der Waals surface area contributed by atoms with Gasteiger partial charge < -0.3 is 4.74 Å². The molecule has 1 unspecified atom stereocenters. The summed E-state index contributed by atoms with van der Waals surface area (Å²) >= 11 is 5.02. The summed E-state index contributed by atoms with van der Waals surface area (Å²) in [5.41, 5.74) is 8.68. The van der Waals surface area contributed by atoms with Gasteiger partial charge in [0, 0.05) is 5.56 Å². The third kappa shape index (κ3) is 6.07. The third-order valence-corrected chi connectivity index (χ3v) is 4.20. The second-order valence-electron chi connectivity index (χ2n) is 6.27. The average Bonchev–Trinajstić information content (AvgIpc) is 2.63. The summed E-state index contributed by atoms with van der Waals surface area (Å²) in [5.74, 6) is -0.169. The van der Waals surface area contributed by atoms with E-state index in [4.69, 9.17) is 17.0 Å². The molecule has 0 aliphatic heterocycles. The van der Waals surface area contributed by atoms with E-state index in [-0.39, 0.29) is 11.0 Å². The molecule has 0 heterocycles. The van der Waals surface area contributed by atoms with Crippen molar-refractivity contribution in [3.8, 4) is 5.75 Å². The quantitative estimate of drug-likeness (QED) is 0.557. The van der Waals surface area contributed by atoms with Crippen LogP contribution in [0.2, 0.25) is 0 Å². The van der Waals surface area contributed by atoms with E-state index in [1.165, 1.54) is 0 Å². The molecule has 0 bridgehead atoms. The predicted molar refractivity (Wildman–Crippen MR) is 109 cm³/mol. The van der Waals surface area contributed by atoms with Crippen molar-refractivity contribution in [3.05, 3.63) is 64.7 Å². The van der Waals surface area contributed by atoms with Crippen molar-refractivity contribution in [1.82, 2.24) is 16.2 Å². The Morgan fingerprint density at radius 2 is 1.63 bits per heavy atom. The van der Waals surface area contributed by atoms with Crippen molar-refractivity contribution < 1.29 is 14.3 Å². The standard InChI is InChI=1S/C20H23N3O3S/c1-12-5-8-16(9-6-12)19(25)21-20(27)23-22-18(24)15(4)26-17-10-7-13(2)14(3)11-17/h5-11,15H,1-4H3,(H,22,24)(H2,21,23,25,27). The van der Waals surface area contributed by atoms with Crippen molar-refractivity contribution in [2.75, 3.05) is 0 Å². The van der Waals surface area contributed by atoms with Crippen LogP contribution in [0.25, 0.3) is 0 Å². The number of benzene rings is 2. The molecule has 0 aromatic heterocycles. The minimum absolute atomic E-state index is 0.00712. The minimum Gasteiger partial charge on any atom is -0.481 e. The summed E-state index contributed by atoms with van der Waals surface area (Å²) in [7, 11) is 0. The summed E-state index contributed by atoms with van der Waals surface area (Å²) in [6.07, 6.45) is -0.741. The fraction of sp³-hybridized carbons (Fsp3) is 0.250. The number of nitrogens with one attached hydrogen (secondary N) is 3. The fourth-order valence-corrected chi connectivity index (χ4v) is 2.32. The van der Waals surface area contributed by atoms with Crippen LogP contribution in [0, 0.1) is 20.8 Å². The summed E-state index contributed by atoms with van der Waals surface area (Å²) in [6, 6.07) is 12.7. The van der Waals surface area contributed by atoms with E-state index < -0.39 is 12.0 Å². The monoisotopic (exact) mass is 385 g/mol. The summed E-state index contributed by atoms with van der Waals surface area (Å²) in [4.78, 5) is 24.2. The largest absolute Gasteiger partial charge is 0.481 e. The number of amides is 2. The van der Waals surface area contributed by atoms with Gasteiger partial charge in [-0.05, 0) is 75.3 Å². The molecule has 0 spiro atoms. The molecule has 6 nitrogen and oxygen atoms in total. The maximum absolute atomic E-state index is 12.1. The molecule has 2 aromatic rings. The zero-order valence-electron chi connectivity index (χ0n) is 15.8. The zero-order valence-corrected chi connectivity index (χ0v) is 16.6. The Balaban J connectivity index is 1.81. The van der Waals surface area contributed by atoms with Gasteiger partial charge in [0.25, 0.3) is 11.8 Å². The van der Waals surface area contributed by atoms with Gasteiger partial charge in [-0.3, -0.25) is 25.8 Å². The van der Waals surface area contributed by atoms with Crippen LogP contribution in [0.1, 0.15) is 34.0 Å². The highest BCUT2D eigenvalue weighted by atomic mass is 32.1. The number of aryl methyl sites for hydroxylation is 3. The average molecular weight is 385 g/mol. The van der Waals surface area contributed by atoms with Crippen LogP contribution in [0.15, 0.2) is 42.5 Å². The molecular formula is C20H23N3O3S. The van der Waals surface area contributed by atoms with Crippen molar-refractivity contribution in [1.29, 1.82) is 0 Å². The Labute approximate surface area is 164 Å². The summed E-state index contributed by atoms with van der Waals surface area (Å²) in [5, 5.41) is 2.49. The molecule has 3 N–H and O–H groups in total. The lowest BCUT2D eigenvalue weighted by Crippen LogP contribution is -2.51. The maximum Gasteiger partial charge on any atom is 0.279 e. The molecule has 7 heteroatoms. The van der Waals surface area contributed by atoms with Gasteiger partial charge in [-0.2, -0.15) is 0 Å². The topological polar surface area (TPSA) is 79.5 Å². The Morgan fingerprint density at radius 3 is 2.26 bits per heavy atom. The number of hydrazine groups is 1. The fourth-order valence-electron chi connectivity index (χ4n) is 2.18. The number of rotatable bonds is 4. The Kier molecular flexibility index (Phi) is 6.90. The van der Waals surface area contributed by atoms with Crippen LogP contribution < -0.4 is 20.9 Å². The normalized spacial score (nSPS) is 11.3. The van der Waals surface area contributed by atoms with E-state index in [1.807, 2.05) is 51.1 Å². The van der Waals surface area contributed by atoms with E-state index in [9.17, 15) is 9.59 Å². The summed E-state index contributed by atoms with van der Waals surface area (Å²) in [6.45, 7) is 7.54. The first-order chi connectivity index (χ1) is 12.8. The Morgan fingerprint density at radius 1 is 0.963 bits per heavy atom. The van der Waals surface area contributed by atoms with Gasteiger partial charge in [0.05, 0.1) is 0 Å². The summed E-state index contributed by atoms with van der Waals surface area (Å²) < 4.78 is 5.62. The molecule has 2 rings (SSSR count). The first-order valence-corrected chi connectivity index (χ1v) is 8.89. The molecule has 0 aliphatic rings. The van der Waals surface area contributed by atoms with Crippen LogP contribution >= 0.6 is 12.2 Å². The molecule has 142 valence electrons. The Bertz CT molecular complexity index is 850. The number of hydrogen-bond acceptors (Lipinski definition) is 4. The van der Waals surface area contributed by atoms with E-state index in [0.717, 1.165) is 16.7 Å². The van der Waals surface area contributed by atoms with Crippen molar-refractivity contribution >= 4 is 29.1 Å². The number of thiocarbonyl (C=S) groups is 1. The lowest BCUT2D eigenvalue weighted by atomic mass is 10.1. The molecule has 2 amide bonds. The van der Waals surface area contributed by atoms with E-state index in [0.29, 0.717) is 11.3 Å². The second kappa shape index (κ2) is 9.14. The van der Waals surface area contributed by atoms with Gasteiger partial charge in [-0.1, -0.05) is 23.8 Å². The van der Waals surface area contributed by atoms with Crippen LogP contribution in [0.4, 0.5) is 0 Å². The predicted octanol–water partition coefficient (Wildman–Crippen LogP) is 2.71.